The van der Waals surface area contributed by atoms with Crippen molar-refractivity contribution in [1.29, 1.82) is 0 Å². The highest BCUT2D eigenvalue weighted by molar-refractivity contribution is 5.71. The summed E-state index contributed by atoms with van der Waals surface area (Å²) >= 11 is 0. The Morgan fingerprint density at radius 2 is 0.673 bits per heavy atom. The average molecular weight is 737 g/mol. The predicted molar refractivity (Wildman–Crippen MR) is 220 cm³/mol. The largest absolute Gasteiger partial charge is 0.462 e. The van der Waals surface area contributed by atoms with Gasteiger partial charge in [-0.3, -0.25) is 14.4 Å². The van der Waals surface area contributed by atoms with Crippen LogP contribution in [0.5, 0.6) is 0 Å². The summed E-state index contributed by atoms with van der Waals surface area (Å²) < 4.78 is 16.7. The molecule has 0 bridgehead atoms. The third-order valence-electron chi connectivity index (χ3n) is 10.9. The monoisotopic (exact) mass is 737 g/mol. The van der Waals surface area contributed by atoms with Crippen LogP contribution in [0.15, 0.2) is 0 Å². The van der Waals surface area contributed by atoms with Crippen LogP contribution in [0, 0.1) is 11.8 Å². The summed E-state index contributed by atoms with van der Waals surface area (Å²) in [6, 6.07) is 0. The van der Waals surface area contributed by atoms with Crippen LogP contribution in [0.25, 0.3) is 0 Å². The first-order valence-electron chi connectivity index (χ1n) is 22.8. The van der Waals surface area contributed by atoms with Crippen LogP contribution in [0.1, 0.15) is 247 Å². The number of rotatable bonds is 40. The van der Waals surface area contributed by atoms with E-state index in [-0.39, 0.29) is 31.1 Å². The molecule has 2 unspecified atom stereocenters. The van der Waals surface area contributed by atoms with Crippen molar-refractivity contribution in [2.75, 3.05) is 13.2 Å². The lowest BCUT2D eigenvalue weighted by Gasteiger charge is -2.18. The van der Waals surface area contributed by atoms with E-state index in [0.29, 0.717) is 19.3 Å². The molecular formula is C46H88O6. The van der Waals surface area contributed by atoms with Crippen LogP contribution in [0.4, 0.5) is 0 Å². The van der Waals surface area contributed by atoms with E-state index in [4.69, 9.17) is 14.2 Å². The van der Waals surface area contributed by atoms with Gasteiger partial charge in [0.25, 0.3) is 0 Å². The molecule has 0 spiro atoms. The van der Waals surface area contributed by atoms with Crippen molar-refractivity contribution in [2.24, 2.45) is 11.8 Å². The summed E-state index contributed by atoms with van der Waals surface area (Å²) in [5.74, 6) is 0.822. The third-order valence-corrected chi connectivity index (χ3v) is 10.9. The molecule has 0 saturated carbocycles. The van der Waals surface area contributed by atoms with Gasteiger partial charge in [-0.15, -0.1) is 0 Å². The summed E-state index contributed by atoms with van der Waals surface area (Å²) in [4.78, 5) is 37.7. The number of carbonyl (C=O) groups is 3. The van der Waals surface area contributed by atoms with Crippen LogP contribution in [-0.4, -0.2) is 37.2 Å². The van der Waals surface area contributed by atoms with Crippen molar-refractivity contribution in [3.63, 3.8) is 0 Å². The van der Waals surface area contributed by atoms with E-state index in [9.17, 15) is 14.4 Å². The molecule has 6 nitrogen and oxygen atoms in total. The van der Waals surface area contributed by atoms with Crippen LogP contribution >= 0.6 is 0 Å². The Labute approximate surface area is 323 Å². The minimum Gasteiger partial charge on any atom is -0.462 e. The van der Waals surface area contributed by atoms with Crippen molar-refractivity contribution in [2.45, 2.75) is 253 Å². The number of hydrogen-bond donors (Lipinski definition) is 0. The SMILES string of the molecule is CCCCCCCCCCCCC(=O)O[C@@H](COC(=O)CCCCCCCCCCCCC(C)CC)COC(=O)CCCCCCCCC(C)CC. The van der Waals surface area contributed by atoms with Crippen molar-refractivity contribution < 1.29 is 28.6 Å². The van der Waals surface area contributed by atoms with E-state index in [0.717, 1.165) is 69.6 Å². The van der Waals surface area contributed by atoms with Crippen molar-refractivity contribution in [3.8, 4) is 0 Å². The lowest BCUT2D eigenvalue weighted by atomic mass is 9.99. The second kappa shape index (κ2) is 39.1. The van der Waals surface area contributed by atoms with E-state index in [1.807, 2.05) is 0 Å². The lowest BCUT2D eigenvalue weighted by molar-refractivity contribution is -0.167. The second-order valence-electron chi connectivity index (χ2n) is 16.2. The maximum atomic E-state index is 12.7. The minimum absolute atomic E-state index is 0.0656. The van der Waals surface area contributed by atoms with Gasteiger partial charge in [0, 0.05) is 19.3 Å². The Balaban J connectivity index is 4.33. The average Bonchev–Trinajstić information content (AvgIpc) is 3.14. The Morgan fingerprint density at radius 3 is 1.00 bits per heavy atom. The Hall–Kier alpha value is -1.59. The first-order chi connectivity index (χ1) is 25.3. The van der Waals surface area contributed by atoms with Gasteiger partial charge < -0.3 is 14.2 Å². The molecular weight excluding hydrogens is 649 g/mol. The van der Waals surface area contributed by atoms with E-state index in [1.54, 1.807) is 0 Å². The summed E-state index contributed by atoms with van der Waals surface area (Å²) in [5, 5.41) is 0. The predicted octanol–water partition coefficient (Wildman–Crippen LogP) is 14.2. The number of ether oxygens (including phenoxy) is 3. The first-order valence-corrected chi connectivity index (χ1v) is 22.8. The summed E-state index contributed by atoms with van der Waals surface area (Å²) in [6.45, 7) is 11.3. The van der Waals surface area contributed by atoms with Gasteiger partial charge in [0.1, 0.15) is 13.2 Å². The molecule has 0 heterocycles. The highest BCUT2D eigenvalue weighted by atomic mass is 16.6. The molecule has 52 heavy (non-hydrogen) atoms. The maximum Gasteiger partial charge on any atom is 0.306 e. The van der Waals surface area contributed by atoms with Crippen molar-refractivity contribution in [3.05, 3.63) is 0 Å². The van der Waals surface area contributed by atoms with Gasteiger partial charge in [-0.2, -0.15) is 0 Å². The van der Waals surface area contributed by atoms with Gasteiger partial charge in [-0.05, 0) is 31.1 Å². The quantitative estimate of drug-likeness (QED) is 0.0354. The molecule has 0 amide bonds. The fourth-order valence-electron chi connectivity index (χ4n) is 6.69. The molecule has 0 radical (unpaired) electrons. The fourth-order valence-corrected chi connectivity index (χ4v) is 6.69. The molecule has 0 aliphatic rings. The highest BCUT2D eigenvalue weighted by Crippen LogP contribution is 2.17. The van der Waals surface area contributed by atoms with Crippen LogP contribution in [-0.2, 0) is 28.6 Å². The zero-order valence-electron chi connectivity index (χ0n) is 35.4. The summed E-state index contributed by atoms with van der Waals surface area (Å²) in [5.41, 5.74) is 0. The van der Waals surface area contributed by atoms with Crippen LogP contribution in [0.3, 0.4) is 0 Å². The smallest absolute Gasteiger partial charge is 0.306 e. The van der Waals surface area contributed by atoms with Gasteiger partial charge in [0.05, 0.1) is 0 Å². The van der Waals surface area contributed by atoms with E-state index >= 15 is 0 Å². The van der Waals surface area contributed by atoms with E-state index < -0.39 is 6.10 Å². The minimum atomic E-state index is -0.760. The van der Waals surface area contributed by atoms with Gasteiger partial charge in [0.2, 0.25) is 0 Å². The molecule has 0 aliphatic heterocycles. The van der Waals surface area contributed by atoms with Crippen LogP contribution in [0.2, 0.25) is 0 Å². The summed E-state index contributed by atoms with van der Waals surface area (Å²) in [6.07, 6.45) is 36.5. The lowest BCUT2D eigenvalue weighted by Crippen LogP contribution is -2.30. The molecule has 0 aromatic carbocycles. The van der Waals surface area contributed by atoms with Gasteiger partial charge in [-0.1, -0.05) is 208 Å². The zero-order chi connectivity index (χ0) is 38.3. The van der Waals surface area contributed by atoms with E-state index in [2.05, 4.69) is 34.6 Å². The molecule has 0 N–H and O–H groups in total. The molecule has 3 atom stereocenters. The van der Waals surface area contributed by atoms with Gasteiger partial charge in [-0.25, -0.2) is 0 Å². The summed E-state index contributed by atoms with van der Waals surface area (Å²) in [7, 11) is 0. The number of esters is 3. The number of hydrogen-bond acceptors (Lipinski definition) is 6. The number of unbranched alkanes of at least 4 members (excludes halogenated alkanes) is 23. The van der Waals surface area contributed by atoms with Crippen molar-refractivity contribution >= 4 is 17.9 Å². The van der Waals surface area contributed by atoms with Crippen LogP contribution < -0.4 is 0 Å². The molecule has 0 aromatic heterocycles. The van der Waals surface area contributed by atoms with Crippen molar-refractivity contribution in [1.82, 2.24) is 0 Å². The topological polar surface area (TPSA) is 78.9 Å². The van der Waals surface area contributed by atoms with Gasteiger partial charge in [0.15, 0.2) is 6.10 Å². The molecule has 6 heteroatoms. The van der Waals surface area contributed by atoms with E-state index in [1.165, 1.54) is 135 Å². The van der Waals surface area contributed by atoms with Gasteiger partial charge >= 0.3 is 17.9 Å². The standard InChI is InChI=1S/C46H88O6/c1-6-9-10-11-12-13-17-21-28-33-38-46(49)52-43(40-51-45(48)37-32-27-23-22-25-30-35-42(5)8-3)39-50-44(47)36-31-26-20-18-15-14-16-19-24-29-34-41(4)7-2/h41-43H,6-40H2,1-5H3/t41?,42?,43-/m0/s1. The maximum absolute atomic E-state index is 12.7. The molecule has 0 rings (SSSR count). The molecule has 0 saturated heterocycles. The Kier molecular flexibility index (Phi) is 37.9. The molecule has 0 aliphatic carbocycles. The number of carbonyl (C=O) groups excluding carboxylic acids is 3. The zero-order valence-corrected chi connectivity index (χ0v) is 35.4. The molecule has 0 aromatic rings. The normalized spacial score (nSPS) is 13.1. The Bertz CT molecular complexity index is 798. The highest BCUT2D eigenvalue weighted by Gasteiger charge is 2.19. The molecule has 308 valence electrons. The first kappa shape index (κ1) is 50.4. The molecule has 0 fully saturated rings. The fraction of sp³-hybridized carbons (Fsp3) is 0.935. The Morgan fingerprint density at radius 1 is 0.385 bits per heavy atom. The second-order valence-corrected chi connectivity index (χ2v) is 16.2. The third kappa shape index (κ3) is 36.8.